The number of urea groups is 1. The number of benzene rings is 1. The lowest BCUT2D eigenvalue weighted by molar-refractivity contribution is 0.251. The number of aromatic nitrogens is 4. The summed E-state index contributed by atoms with van der Waals surface area (Å²) in [4.78, 5) is 12.2. The van der Waals surface area contributed by atoms with Crippen molar-refractivity contribution in [3.63, 3.8) is 0 Å². The highest BCUT2D eigenvalue weighted by atomic mass is 19.1. The topological polar surface area (TPSA) is 76.8 Å². The minimum Gasteiger partial charge on any atom is -0.334 e. The van der Waals surface area contributed by atoms with Crippen LogP contribution < -0.4 is 10.6 Å². The number of hydrogen-bond donors (Lipinski definition) is 2. The first-order valence-corrected chi connectivity index (χ1v) is 9.31. The first-order chi connectivity index (χ1) is 13.5. The maximum atomic E-state index is 13.7. The molecule has 2 aromatic heterocycles. The lowest BCUT2D eigenvalue weighted by Gasteiger charge is -2.07. The van der Waals surface area contributed by atoms with Crippen molar-refractivity contribution in [2.24, 2.45) is 0 Å². The van der Waals surface area contributed by atoms with Gasteiger partial charge in [0.1, 0.15) is 5.82 Å². The van der Waals surface area contributed by atoms with Crippen LogP contribution in [0.15, 0.2) is 36.7 Å². The van der Waals surface area contributed by atoms with Crippen LogP contribution in [0.4, 0.5) is 14.9 Å². The molecule has 0 aliphatic heterocycles. The SMILES string of the molecule is CCCn1nc(C)c(CNC(=O)Nc2cnn(Cc3ccccc3F)c2)c1C. The minimum atomic E-state index is -0.326. The van der Waals surface area contributed by atoms with E-state index in [9.17, 15) is 9.18 Å². The third kappa shape index (κ3) is 4.57. The molecule has 2 N–H and O–H groups in total. The second-order valence-corrected chi connectivity index (χ2v) is 6.70. The Morgan fingerprint density at radius 1 is 1.25 bits per heavy atom. The number of halogens is 1. The third-order valence-electron chi connectivity index (χ3n) is 4.57. The molecule has 1 aromatic carbocycles. The second-order valence-electron chi connectivity index (χ2n) is 6.70. The molecule has 0 unspecified atom stereocenters. The molecule has 8 heteroatoms. The van der Waals surface area contributed by atoms with Gasteiger partial charge in [0.15, 0.2) is 0 Å². The summed E-state index contributed by atoms with van der Waals surface area (Å²) in [5.41, 5.74) is 4.10. The van der Waals surface area contributed by atoms with Crippen LogP contribution >= 0.6 is 0 Å². The van der Waals surface area contributed by atoms with Crippen molar-refractivity contribution in [1.29, 1.82) is 0 Å². The van der Waals surface area contributed by atoms with E-state index in [1.807, 2.05) is 18.5 Å². The van der Waals surface area contributed by atoms with Gasteiger partial charge in [-0.1, -0.05) is 25.1 Å². The van der Waals surface area contributed by atoms with Crippen LogP contribution in [0, 0.1) is 19.7 Å². The van der Waals surface area contributed by atoms with Gasteiger partial charge < -0.3 is 10.6 Å². The molecule has 7 nitrogen and oxygen atoms in total. The lowest BCUT2D eigenvalue weighted by atomic mass is 10.2. The van der Waals surface area contributed by atoms with E-state index in [4.69, 9.17) is 0 Å². The summed E-state index contributed by atoms with van der Waals surface area (Å²) in [6, 6.07) is 6.22. The Morgan fingerprint density at radius 2 is 2.04 bits per heavy atom. The average Bonchev–Trinajstić information content (AvgIpc) is 3.20. The van der Waals surface area contributed by atoms with Crippen molar-refractivity contribution in [2.75, 3.05) is 5.32 Å². The van der Waals surface area contributed by atoms with Gasteiger partial charge in [-0.25, -0.2) is 9.18 Å². The first-order valence-electron chi connectivity index (χ1n) is 9.31. The van der Waals surface area contributed by atoms with Gasteiger partial charge in [-0.3, -0.25) is 9.36 Å². The van der Waals surface area contributed by atoms with Gasteiger partial charge in [-0.05, 0) is 26.3 Å². The van der Waals surface area contributed by atoms with Crippen LogP contribution in [0.1, 0.15) is 35.9 Å². The molecule has 0 bridgehead atoms. The summed E-state index contributed by atoms with van der Waals surface area (Å²) < 4.78 is 17.3. The lowest BCUT2D eigenvalue weighted by Crippen LogP contribution is -2.28. The molecule has 3 rings (SSSR count). The van der Waals surface area contributed by atoms with Gasteiger partial charge in [-0.2, -0.15) is 10.2 Å². The van der Waals surface area contributed by atoms with Crippen molar-refractivity contribution in [2.45, 2.75) is 46.8 Å². The summed E-state index contributed by atoms with van der Waals surface area (Å²) in [7, 11) is 0. The molecule has 28 heavy (non-hydrogen) atoms. The highest BCUT2D eigenvalue weighted by molar-refractivity contribution is 5.88. The van der Waals surface area contributed by atoms with Crippen molar-refractivity contribution < 1.29 is 9.18 Å². The van der Waals surface area contributed by atoms with Crippen molar-refractivity contribution in [1.82, 2.24) is 24.9 Å². The zero-order valence-electron chi connectivity index (χ0n) is 16.4. The standard InChI is InChI=1S/C20H25FN6O/c1-4-9-27-15(3)18(14(2)25-27)11-22-20(28)24-17-10-23-26(13-17)12-16-7-5-6-8-19(16)21/h5-8,10,13H,4,9,11-12H2,1-3H3,(H2,22,24,28). The number of rotatable bonds is 7. The maximum absolute atomic E-state index is 13.7. The largest absolute Gasteiger partial charge is 0.334 e. The van der Waals surface area contributed by atoms with Gasteiger partial charge in [0, 0.05) is 36.1 Å². The predicted octanol–water partition coefficient (Wildman–Crippen LogP) is 3.62. The molecule has 0 fully saturated rings. The third-order valence-corrected chi connectivity index (χ3v) is 4.57. The fourth-order valence-electron chi connectivity index (χ4n) is 3.08. The van der Waals surface area contributed by atoms with Crippen LogP contribution in [-0.2, 0) is 19.6 Å². The zero-order chi connectivity index (χ0) is 20.1. The van der Waals surface area contributed by atoms with Crippen molar-refractivity contribution in [3.05, 3.63) is 65.0 Å². The number of nitrogens with one attached hydrogen (secondary N) is 2. The molecule has 148 valence electrons. The maximum Gasteiger partial charge on any atom is 0.319 e. The van der Waals surface area contributed by atoms with Gasteiger partial charge in [0.2, 0.25) is 0 Å². The number of carbonyl (C=O) groups is 1. The van der Waals surface area contributed by atoms with Crippen LogP contribution in [0.5, 0.6) is 0 Å². The number of amides is 2. The summed E-state index contributed by atoms with van der Waals surface area (Å²) in [5, 5.41) is 14.3. The normalized spacial score (nSPS) is 10.9. The Kier molecular flexibility index (Phi) is 6.08. The van der Waals surface area contributed by atoms with Crippen LogP contribution in [-0.4, -0.2) is 25.6 Å². The zero-order valence-corrected chi connectivity index (χ0v) is 16.4. The number of carbonyl (C=O) groups excluding carboxylic acids is 1. The molecule has 0 spiro atoms. The Bertz CT molecular complexity index is 962. The van der Waals surface area contributed by atoms with E-state index >= 15 is 0 Å². The molecule has 0 saturated carbocycles. The second kappa shape index (κ2) is 8.69. The number of hydrogen-bond acceptors (Lipinski definition) is 3. The molecule has 0 aliphatic rings. The molecule has 0 saturated heterocycles. The summed E-state index contributed by atoms with van der Waals surface area (Å²) in [6.07, 6.45) is 4.21. The van der Waals surface area contributed by atoms with E-state index in [1.54, 1.807) is 29.1 Å². The van der Waals surface area contributed by atoms with E-state index in [-0.39, 0.29) is 11.8 Å². The van der Waals surface area contributed by atoms with Gasteiger partial charge in [0.25, 0.3) is 0 Å². The smallest absolute Gasteiger partial charge is 0.319 e. The fourth-order valence-corrected chi connectivity index (χ4v) is 3.08. The van der Waals surface area contributed by atoms with Crippen LogP contribution in [0.2, 0.25) is 0 Å². The van der Waals surface area contributed by atoms with Crippen molar-refractivity contribution >= 4 is 11.7 Å². The molecular formula is C20H25FN6O. The molecular weight excluding hydrogens is 359 g/mol. The molecule has 0 atom stereocenters. The highest BCUT2D eigenvalue weighted by Gasteiger charge is 2.12. The Balaban J connectivity index is 1.56. The number of nitrogens with zero attached hydrogens (tertiary/aromatic N) is 4. The fraction of sp³-hybridized carbons (Fsp3) is 0.350. The van der Waals surface area contributed by atoms with E-state index in [1.165, 1.54) is 12.3 Å². The predicted molar refractivity (Wildman–Crippen MR) is 106 cm³/mol. The minimum absolute atomic E-state index is 0.278. The average molecular weight is 384 g/mol. The monoisotopic (exact) mass is 384 g/mol. The Hall–Kier alpha value is -3.16. The summed E-state index contributed by atoms with van der Waals surface area (Å²) >= 11 is 0. The van der Waals surface area contributed by atoms with Gasteiger partial charge >= 0.3 is 6.03 Å². The first kappa shape index (κ1) is 19.6. The molecule has 0 radical (unpaired) electrons. The van der Waals surface area contributed by atoms with E-state index in [0.717, 1.165) is 29.9 Å². The van der Waals surface area contributed by atoms with Crippen LogP contribution in [0.25, 0.3) is 0 Å². The Labute approximate surface area is 163 Å². The van der Waals surface area contributed by atoms with Crippen LogP contribution in [0.3, 0.4) is 0 Å². The molecule has 0 aliphatic carbocycles. The quantitative estimate of drug-likeness (QED) is 0.653. The highest BCUT2D eigenvalue weighted by Crippen LogP contribution is 2.14. The molecule has 3 aromatic rings. The molecule has 2 heterocycles. The van der Waals surface area contributed by atoms with Crippen molar-refractivity contribution in [3.8, 4) is 0 Å². The van der Waals surface area contributed by atoms with Gasteiger partial charge in [-0.15, -0.1) is 0 Å². The van der Waals surface area contributed by atoms with Gasteiger partial charge in [0.05, 0.1) is 24.1 Å². The summed E-state index contributed by atoms with van der Waals surface area (Å²) in [6.45, 7) is 7.62. The number of aryl methyl sites for hydroxylation is 2. The molecule has 2 amide bonds. The van der Waals surface area contributed by atoms with E-state index in [2.05, 4.69) is 27.8 Å². The summed E-state index contributed by atoms with van der Waals surface area (Å²) in [5.74, 6) is -0.278. The van der Waals surface area contributed by atoms with E-state index in [0.29, 0.717) is 24.3 Å². The van der Waals surface area contributed by atoms with E-state index < -0.39 is 0 Å². The number of anilines is 1. The Morgan fingerprint density at radius 3 is 2.79 bits per heavy atom.